The fraction of sp³-hybridized carbons (Fsp3) is 0.400. The summed E-state index contributed by atoms with van der Waals surface area (Å²) in [7, 11) is 0. The molecule has 0 aromatic heterocycles. The molecule has 6 heteroatoms. The monoisotopic (exact) mass is 354 g/mol. The molecule has 134 valence electrons. The summed E-state index contributed by atoms with van der Waals surface area (Å²) in [5.74, 6) is 3.83. The van der Waals surface area contributed by atoms with Crippen LogP contribution in [0.25, 0.3) is 0 Å². The molecule has 2 aromatic rings. The summed E-state index contributed by atoms with van der Waals surface area (Å²) < 4.78 is 34.2. The maximum absolute atomic E-state index is 6.18. The van der Waals surface area contributed by atoms with Gasteiger partial charge in [0.05, 0.1) is 25.4 Å². The molecule has 2 saturated heterocycles. The summed E-state index contributed by atoms with van der Waals surface area (Å²) in [6.07, 6.45) is 0.0435. The van der Waals surface area contributed by atoms with Gasteiger partial charge in [0.1, 0.15) is 0 Å². The Hall–Kier alpha value is -2.44. The van der Waals surface area contributed by atoms with Crippen LogP contribution in [0.15, 0.2) is 36.4 Å². The van der Waals surface area contributed by atoms with Crippen molar-refractivity contribution in [2.75, 3.05) is 26.8 Å². The zero-order chi connectivity index (χ0) is 17.1. The van der Waals surface area contributed by atoms with Crippen LogP contribution in [0.5, 0.6) is 23.0 Å². The minimum atomic E-state index is 0.0218. The van der Waals surface area contributed by atoms with Crippen LogP contribution in [0.2, 0.25) is 0 Å². The first kappa shape index (κ1) is 14.7. The molecule has 2 fully saturated rings. The SMILES string of the molecule is c1cc2c(cc1C1OC[C@@H]3C(c4ccc5c(c4)OCO5)OCC13)OCO2. The van der Waals surface area contributed by atoms with E-state index in [0.717, 1.165) is 34.1 Å². The van der Waals surface area contributed by atoms with Crippen LogP contribution in [0.4, 0.5) is 0 Å². The van der Waals surface area contributed by atoms with Crippen LogP contribution in [0, 0.1) is 11.8 Å². The van der Waals surface area contributed by atoms with Crippen LogP contribution in [0.1, 0.15) is 23.3 Å². The van der Waals surface area contributed by atoms with Crippen LogP contribution < -0.4 is 18.9 Å². The zero-order valence-corrected chi connectivity index (χ0v) is 14.1. The summed E-state index contributed by atoms with van der Waals surface area (Å²) in [5, 5.41) is 0. The molecule has 2 aromatic carbocycles. The molecule has 6 nitrogen and oxygen atoms in total. The Kier molecular flexibility index (Phi) is 3.12. The lowest BCUT2D eigenvalue weighted by Gasteiger charge is -2.17. The number of fused-ring (bicyclic) bond motifs is 3. The lowest BCUT2D eigenvalue weighted by atomic mass is 9.85. The highest BCUT2D eigenvalue weighted by Gasteiger charge is 2.48. The first-order valence-electron chi connectivity index (χ1n) is 8.89. The standard InChI is InChI=1S/C20H18O6/c1-3-15-17(25-9-23-15)5-11(1)19-13-7-22-20(14(13)8-21-19)12-2-4-16-18(6-12)26-10-24-16/h1-6,13-14,19-20H,7-10H2/t13-,14?,19?,20?/m0/s1. The molecule has 0 amide bonds. The van der Waals surface area contributed by atoms with Crippen molar-refractivity contribution < 1.29 is 28.4 Å². The van der Waals surface area contributed by atoms with Crippen molar-refractivity contribution in [3.05, 3.63) is 47.5 Å². The van der Waals surface area contributed by atoms with Crippen molar-refractivity contribution in [3.63, 3.8) is 0 Å². The maximum atomic E-state index is 6.18. The van der Waals surface area contributed by atoms with Gasteiger partial charge in [-0.25, -0.2) is 0 Å². The number of hydrogen-bond acceptors (Lipinski definition) is 6. The van der Waals surface area contributed by atoms with Gasteiger partial charge in [0.2, 0.25) is 13.6 Å². The topological polar surface area (TPSA) is 55.4 Å². The van der Waals surface area contributed by atoms with Crippen LogP contribution in [0.3, 0.4) is 0 Å². The zero-order valence-electron chi connectivity index (χ0n) is 14.1. The quantitative estimate of drug-likeness (QED) is 0.825. The largest absolute Gasteiger partial charge is 0.454 e. The minimum Gasteiger partial charge on any atom is -0.454 e. The van der Waals surface area contributed by atoms with Gasteiger partial charge in [0.15, 0.2) is 23.0 Å². The summed E-state index contributed by atoms with van der Waals surface area (Å²) in [6.45, 7) is 1.93. The molecule has 26 heavy (non-hydrogen) atoms. The number of hydrogen-bond donors (Lipinski definition) is 0. The Bertz CT molecular complexity index is 794. The van der Waals surface area contributed by atoms with Gasteiger partial charge in [-0.1, -0.05) is 12.1 Å². The molecule has 4 aliphatic rings. The van der Waals surface area contributed by atoms with Crippen molar-refractivity contribution in [1.29, 1.82) is 0 Å². The van der Waals surface area contributed by atoms with Crippen molar-refractivity contribution in [2.24, 2.45) is 11.8 Å². The van der Waals surface area contributed by atoms with Crippen molar-refractivity contribution in [2.45, 2.75) is 12.2 Å². The second-order valence-corrected chi connectivity index (χ2v) is 7.06. The fourth-order valence-electron chi connectivity index (χ4n) is 4.41. The normalized spacial score (nSPS) is 30.6. The molecule has 4 atom stereocenters. The van der Waals surface area contributed by atoms with Gasteiger partial charge in [-0.15, -0.1) is 0 Å². The highest BCUT2D eigenvalue weighted by atomic mass is 16.7. The summed E-state index contributed by atoms with van der Waals surface area (Å²) in [5.41, 5.74) is 2.24. The van der Waals surface area contributed by atoms with E-state index in [2.05, 4.69) is 12.1 Å². The highest BCUT2D eigenvalue weighted by molar-refractivity contribution is 5.46. The van der Waals surface area contributed by atoms with E-state index in [-0.39, 0.29) is 25.8 Å². The Morgan fingerprint density at radius 1 is 0.577 bits per heavy atom. The average Bonchev–Trinajstić information content (AvgIpc) is 3.42. The van der Waals surface area contributed by atoms with Gasteiger partial charge in [0.25, 0.3) is 0 Å². The van der Waals surface area contributed by atoms with E-state index in [9.17, 15) is 0 Å². The van der Waals surface area contributed by atoms with E-state index >= 15 is 0 Å². The molecule has 0 radical (unpaired) electrons. The van der Waals surface area contributed by atoms with E-state index in [1.165, 1.54) is 0 Å². The first-order chi connectivity index (χ1) is 12.9. The van der Waals surface area contributed by atoms with Gasteiger partial charge in [-0.2, -0.15) is 0 Å². The Morgan fingerprint density at radius 2 is 1.04 bits per heavy atom. The van der Waals surface area contributed by atoms with E-state index in [1.54, 1.807) is 0 Å². The fourth-order valence-corrected chi connectivity index (χ4v) is 4.41. The van der Waals surface area contributed by atoms with Crippen LogP contribution in [-0.2, 0) is 9.47 Å². The predicted octanol–water partition coefficient (Wildman–Crippen LogP) is 3.22. The van der Waals surface area contributed by atoms with E-state index in [4.69, 9.17) is 28.4 Å². The predicted molar refractivity (Wildman–Crippen MR) is 89.5 cm³/mol. The highest BCUT2D eigenvalue weighted by Crippen LogP contribution is 2.52. The molecular weight excluding hydrogens is 336 g/mol. The van der Waals surface area contributed by atoms with Gasteiger partial charge in [-0.05, 0) is 35.4 Å². The molecule has 6 rings (SSSR count). The third kappa shape index (κ3) is 2.12. The van der Waals surface area contributed by atoms with E-state index in [1.807, 2.05) is 24.3 Å². The van der Waals surface area contributed by atoms with Crippen LogP contribution in [-0.4, -0.2) is 26.8 Å². The van der Waals surface area contributed by atoms with Crippen molar-refractivity contribution >= 4 is 0 Å². The molecule has 0 bridgehead atoms. The molecule has 4 aliphatic heterocycles. The Labute approximate surface area is 150 Å². The van der Waals surface area contributed by atoms with Gasteiger partial charge in [0, 0.05) is 11.8 Å². The van der Waals surface area contributed by atoms with Gasteiger partial charge < -0.3 is 28.4 Å². The molecule has 0 spiro atoms. The molecular formula is C20H18O6. The molecule has 0 aliphatic carbocycles. The molecule has 0 saturated carbocycles. The van der Waals surface area contributed by atoms with Crippen molar-refractivity contribution in [3.8, 4) is 23.0 Å². The number of rotatable bonds is 2. The third-order valence-corrected chi connectivity index (χ3v) is 5.71. The molecule has 3 unspecified atom stereocenters. The summed E-state index contributed by atoms with van der Waals surface area (Å²) in [4.78, 5) is 0. The second-order valence-electron chi connectivity index (χ2n) is 7.06. The minimum absolute atomic E-state index is 0.0218. The van der Waals surface area contributed by atoms with E-state index in [0.29, 0.717) is 25.0 Å². The summed E-state index contributed by atoms with van der Waals surface area (Å²) in [6, 6.07) is 12.1. The number of benzene rings is 2. The average molecular weight is 354 g/mol. The first-order valence-corrected chi connectivity index (χ1v) is 8.89. The number of ether oxygens (including phenoxy) is 6. The molecule has 4 heterocycles. The molecule has 0 N–H and O–H groups in total. The summed E-state index contributed by atoms with van der Waals surface area (Å²) >= 11 is 0. The van der Waals surface area contributed by atoms with Gasteiger partial charge in [-0.3, -0.25) is 0 Å². The Balaban J connectivity index is 1.27. The smallest absolute Gasteiger partial charge is 0.231 e. The van der Waals surface area contributed by atoms with E-state index < -0.39 is 0 Å². The lowest BCUT2D eigenvalue weighted by molar-refractivity contribution is 0.0192. The van der Waals surface area contributed by atoms with Crippen LogP contribution >= 0.6 is 0 Å². The maximum Gasteiger partial charge on any atom is 0.231 e. The lowest BCUT2D eigenvalue weighted by Crippen LogP contribution is -2.14. The second kappa shape index (κ2) is 5.53. The Morgan fingerprint density at radius 3 is 1.54 bits per heavy atom. The van der Waals surface area contributed by atoms with Crippen molar-refractivity contribution in [1.82, 2.24) is 0 Å². The third-order valence-electron chi connectivity index (χ3n) is 5.71. The van der Waals surface area contributed by atoms with Gasteiger partial charge >= 0.3 is 0 Å².